The quantitative estimate of drug-likeness (QED) is 0.706. The van der Waals surface area contributed by atoms with Crippen LogP contribution in [0.5, 0.6) is 0 Å². The Kier molecular flexibility index (Phi) is 7.46. The smallest absolute Gasteiger partial charge is 0.253 e. The van der Waals surface area contributed by atoms with Crippen LogP contribution in [0.4, 0.5) is 5.82 Å². The van der Waals surface area contributed by atoms with E-state index in [1.165, 1.54) is 36.8 Å². The maximum atomic E-state index is 13.1. The summed E-state index contributed by atoms with van der Waals surface area (Å²) in [7, 11) is 0. The van der Waals surface area contributed by atoms with Crippen molar-refractivity contribution < 1.29 is 9.59 Å². The number of amides is 2. The third kappa shape index (κ3) is 4.78. The lowest BCUT2D eigenvalue weighted by molar-refractivity contribution is -0.120. The second kappa shape index (κ2) is 10.3. The predicted molar refractivity (Wildman–Crippen MR) is 137 cm³/mol. The first-order chi connectivity index (χ1) is 16.0. The molecule has 2 aliphatic heterocycles. The number of hydrogen-bond acceptors (Lipinski definition) is 4. The van der Waals surface area contributed by atoms with E-state index in [1.807, 2.05) is 29.2 Å². The van der Waals surface area contributed by atoms with Crippen molar-refractivity contribution in [1.82, 2.24) is 15.2 Å². The first kappa shape index (κ1) is 24.5. The molecule has 2 amide bonds. The summed E-state index contributed by atoms with van der Waals surface area (Å²) in [5.41, 5.74) is 4.30. The largest absolute Gasteiger partial charge is 0.355 e. The molecular weight excluding hydrogens is 448 g/mol. The molecule has 0 bridgehead atoms. The molecule has 0 spiro atoms. The van der Waals surface area contributed by atoms with Crippen LogP contribution in [0.15, 0.2) is 36.5 Å². The number of halogens is 1. The van der Waals surface area contributed by atoms with Crippen molar-refractivity contribution in [3.05, 3.63) is 58.8 Å². The van der Waals surface area contributed by atoms with Gasteiger partial charge in [0.05, 0.1) is 5.92 Å². The molecule has 3 aliphatic rings. The second-order valence-electron chi connectivity index (χ2n) is 9.99. The van der Waals surface area contributed by atoms with Gasteiger partial charge in [-0.1, -0.05) is 38.0 Å². The zero-order valence-corrected chi connectivity index (χ0v) is 20.9. The molecule has 1 unspecified atom stereocenters. The van der Waals surface area contributed by atoms with Gasteiger partial charge in [0.1, 0.15) is 5.82 Å². The molecule has 5 rings (SSSR count). The van der Waals surface area contributed by atoms with Crippen LogP contribution in [-0.2, 0) is 4.79 Å². The highest BCUT2D eigenvalue weighted by molar-refractivity contribution is 5.94. The third-order valence-corrected chi connectivity index (χ3v) is 7.73. The van der Waals surface area contributed by atoms with Gasteiger partial charge in [-0.25, -0.2) is 4.98 Å². The number of carbonyl (C=O) groups is 2. The van der Waals surface area contributed by atoms with Crippen molar-refractivity contribution in [1.29, 1.82) is 0 Å². The number of carbonyl (C=O) groups excluding carboxylic acids is 2. The van der Waals surface area contributed by atoms with E-state index in [9.17, 15) is 9.59 Å². The number of nitrogens with one attached hydrogen (secondary N) is 1. The Balaban J connectivity index is 0.00000274. The van der Waals surface area contributed by atoms with Gasteiger partial charge < -0.3 is 15.1 Å². The number of benzene rings is 1. The Morgan fingerprint density at radius 2 is 1.71 bits per heavy atom. The lowest BCUT2D eigenvalue weighted by atomic mass is 9.89. The number of aromatic nitrogens is 1. The van der Waals surface area contributed by atoms with E-state index < -0.39 is 0 Å². The van der Waals surface area contributed by atoms with Crippen LogP contribution in [0.25, 0.3) is 0 Å². The molecule has 1 aliphatic carbocycles. The Morgan fingerprint density at radius 3 is 2.29 bits per heavy atom. The maximum absolute atomic E-state index is 13.1. The molecule has 0 radical (unpaired) electrons. The summed E-state index contributed by atoms with van der Waals surface area (Å²) < 4.78 is 0. The van der Waals surface area contributed by atoms with E-state index in [1.54, 1.807) is 0 Å². The highest BCUT2D eigenvalue weighted by atomic mass is 35.5. The average Bonchev–Trinajstić information content (AvgIpc) is 3.49. The minimum absolute atomic E-state index is 0. The number of rotatable bonds is 4. The van der Waals surface area contributed by atoms with Crippen molar-refractivity contribution in [2.75, 3.05) is 37.6 Å². The molecule has 1 aromatic heterocycles. The summed E-state index contributed by atoms with van der Waals surface area (Å²) >= 11 is 0. The average molecular weight is 483 g/mol. The minimum Gasteiger partial charge on any atom is -0.355 e. The molecule has 2 atom stereocenters. The van der Waals surface area contributed by atoms with Gasteiger partial charge in [-0.2, -0.15) is 0 Å². The van der Waals surface area contributed by atoms with Crippen molar-refractivity contribution in [3.63, 3.8) is 0 Å². The van der Waals surface area contributed by atoms with Gasteiger partial charge in [0.25, 0.3) is 5.91 Å². The second-order valence-corrected chi connectivity index (χ2v) is 9.99. The standard InChI is InChI=1S/C27H34N4O2.ClH/c1-18-15-23(20-5-3-4-6-20)17-28-25(18)30-11-13-31(14-12-30)27(33)22-9-7-21(8-10-22)24-19(2)16-29-26(24)32;/h7-10,15,17,19-20,24H,3-6,11-14,16H2,1-2H3,(H,29,32);1H/t19?,24-;/m1./s1. The van der Waals surface area contributed by atoms with Gasteiger partial charge in [-0.3, -0.25) is 9.59 Å². The van der Waals surface area contributed by atoms with Crippen LogP contribution in [-0.4, -0.2) is 54.4 Å². The molecule has 6 nitrogen and oxygen atoms in total. The van der Waals surface area contributed by atoms with Crippen LogP contribution in [0.3, 0.4) is 0 Å². The number of nitrogens with zero attached hydrogens (tertiary/aromatic N) is 3. The van der Waals surface area contributed by atoms with Crippen LogP contribution < -0.4 is 10.2 Å². The van der Waals surface area contributed by atoms with E-state index in [-0.39, 0.29) is 36.1 Å². The lowest BCUT2D eigenvalue weighted by Crippen LogP contribution is -2.49. The molecule has 3 heterocycles. The fourth-order valence-electron chi connectivity index (χ4n) is 5.77. The highest BCUT2D eigenvalue weighted by Crippen LogP contribution is 2.35. The third-order valence-electron chi connectivity index (χ3n) is 7.73. The summed E-state index contributed by atoms with van der Waals surface area (Å²) in [6.07, 6.45) is 7.31. The van der Waals surface area contributed by atoms with Gasteiger partial charge in [-0.15, -0.1) is 12.4 Å². The Hall–Kier alpha value is -2.60. The molecule has 182 valence electrons. The Morgan fingerprint density at radius 1 is 1.03 bits per heavy atom. The first-order valence-corrected chi connectivity index (χ1v) is 12.4. The number of hydrogen-bond donors (Lipinski definition) is 1. The lowest BCUT2D eigenvalue weighted by Gasteiger charge is -2.36. The molecule has 1 saturated carbocycles. The predicted octanol–water partition coefficient (Wildman–Crippen LogP) is 4.28. The summed E-state index contributed by atoms with van der Waals surface area (Å²) in [4.78, 5) is 34.2. The number of piperazine rings is 1. The highest BCUT2D eigenvalue weighted by Gasteiger charge is 2.33. The topological polar surface area (TPSA) is 65.5 Å². The summed E-state index contributed by atoms with van der Waals surface area (Å²) in [5, 5.41) is 2.92. The monoisotopic (exact) mass is 482 g/mol. The summed E-state index contributed by atoms with van der Waals surface area (Å²) in [6, 6.07) is 9.94. The Labute approximate surface area is 208 Å². The van der Waals surface area contributed by atoms with Crippen molar-refractivity contribution in [2.24, 2.45) is 5.92 Å². The van der Waals surface area contributed by atoms with Crippen molar-refractivity contribution in [3.8, 4) is 0 Å². The zero-order chi connectivity index (χ0) is 22.9. The van der Waals surface area contributed by atoms with Crippen LogP contribution in [0.2, 0.25) is 0 Å². The SMILES string of the molecule is Cc1cc(C2CCCC2)cnc1N1CCN(C(=O)c2ccc([C@@H]3C(=O)NCC3C)cc2)CC1.Cl. The van der Waals surface area contributed by atoms with Gasteiger partial charge in [0.2, 0.25) is 5.91 Å². The van der Waals surface area contributed by atoms with Crippen LogP contribution in [0.1, 0.15) is 71.5 Å². The molecular formula is C27H35ClN4O2. The number of aryl methyl sites for hydroxylation is 1. The van der Waals surface area contributed by atoms with E-state index in [4.69, 9.17) is 4.98 Å². The van der Waals surface area contributed by atoms with Gasteiger partial charge in [0.15, 0.2) is 0 Å². The van der Waals surface area contributed by atoms with Crippen molar-refractivity contribution >= 4 is 30.0 Å². The molecule has 1 aromatic carbocycles. The van der Waals surface area contributed by atoms with Gasteiger partial charge in [-0.05, 0) is 60.4 Å². The molecule has 34 heavy (non-hydrogen) atoms. The summed E-state index contributed by atoms with van der Waals surface area (Å²) in [6.45, 7) is 7.92. The normalized spacial score (nSPS) is 23.1. The van der Waals surface area contributed by atoms with E-state index in [0.717, 1.165) is 24.5 Å². The molecule has 2 saturated heterocycles. The zero-order valence-electron chi connectivity index (χ0n) is 20.1. The fourth-order valence-corrected chi connectivity index (χ4v) is 5.77. The maximum Gasteiger partial charge on any atom is 0.253 e. The number of anilines is 1. The molecule has 1 N–H and O–H groups in total. The van der Waals surface area contributed by atoms with Crippen molar-refractivity contribution in [2.45, 2.75) is 51.4 Å². The van der Waals surface area contributed by atoms with Gasteiger partial charge >= 0.3 is 0 Å². The summed E-state index contributed by atoms with van der Waals surface area (Å²) in [5.74, 6) is 2.03. The van der Waals surface area contributed by atoms with E-state index >= 15 is 0 Å². The fraction of sp³-hybridized carbons (Fsp3) is 0.519. The Bertz CT molecular complexity index is 1030. The molecule has 2 aromatic rings. The number of pyridine rings is 1. The molecule has 3 fully saturated rings. The molecule has 7 heteroatoms. The van der Waals surface area contributed by atoms with E-state index in [0.29, 0.717) is 31.1 Å². The van der Waals surface area contributed by atoms with Crippen LogP contribution >= 0.6 is 12.4 Å². The van der Waals surface area contributed by atoms with E-state index in [2.05, 4.69) is 36.3 Å². The van der Waals surface area contributed by atoms with Crippen LogP contribution in [0, 0.1) is 12.8 Å². The first-order valence-electron chi connectivity index (χ1n) is 12.4. The minimum atomic E-state index is -0.117. The van der Waals surface area contributed by atoms with Gasteiger partial charge in [0, 0.05) is 44.5 Å².